The van der Waals surface area contributed by atoms with E-state index in [1.54, 1.807) is 6.08 Å². The Labute approximate surface area is 282 Å². The average molecular weight is 659 g/mol. The van der Waals surface area contributed by atoms with Crippen LogP contribution >= 0.6 is 0 Å². The van der Waals surface area contributed by atoms with E-state index in [4.69, 9.17) is 18.9 Å². The maximum Gasteiger partial charge on any atom is 0.330 e. The highest BCUT2D eigenvalue weighted by atomic mass is 16.6. The molecule has 0 aromatic heterocycles. The lowest BCUT2D eigenvalue weighted by molar-refractivity contribution is -0.190. The van der Waals surface area contributed by atoms with Gasteiger partial charge in [-0.3, -0.25) is 9.59 Å². The van der Waals surface area contributed by atoms with Crippen molar-refractivity contribution in [2.24, 2.45) is 5.92 Å². The molecule has 0 radical (unpaired) electrons. The SMILES string of the molecule is CO[C@@]12C=C3C(=O)c4c(O)c5c(c(CC=C(C)C)c4O[C@@]34[C@@H](C1)C(C)(C)O[C@@]4(CC=C(C)C(=O)O)C2=O)O[C@](C)(CCC=C(C)C)C=C5. The van der Waals surface area contributed by atoms with Crippen LogP contribution in [0.15, 0.2) is 52.7 Å². The van der Waals surface area contributed by atoms with Crippen molar-refractivity contribution in [3.63, 3.8) is 0 Å². The van der Waals surface area contributed by atoms with Crippen molar-refractivity contribution in [2.45, 2.75) is 115 Å². The zero-order valence-electron chi connectivity index (χ0n) is 29.3. The summed E-state index contributed by atoms with van der Waals surface area (Å²) in [7, 11) is 1.43. The summed E-state index contributed by atoms with van der Waals surface area (Å²) in [6.45, 7) is 15.2. The Morgan fingerprint density at radius 2 is 1.71 bits per heavy atom. The van der Waals surface area contributed by atoms with Gasteiger partial charge in [0.2, 0.25) is 5.78 Å². The molecule has 1 saturated carbocycles. The van der Waals surface area contributed by atoms with E-state index >= 15 is 0 Å². The molecule has 1 spiro atoms. The van der Waals surface area contributed by atoms with Gasteiger partial charge < -0.3 is 29.2 Å². The third-order valence-electron chi connectivity index (χ3n) is 10.9. The van der Waals surface area contributed by atoms with E-state index in [1.165, 1.54) is 25.7 Å². The lowest BCUT2D eigenvalue weighted by Gasteiger charge is -2.59. The number of hydrogen-bond donors (Lipinski definition) is 2. The molecule has 7 rings (SSSR count). The Balaban J connectivity index is 1.63. The van der Waals surface area contributed by atoms with Gasteiger partial charge in [-0.25, -0.2) is 4.79 Å². The van der Waals surface area contributed by atoms with Crippen molar-refractivity contribution < 1.29 is 43.5 Å². The number of carboxylic acid groups (broad SMARTS) is 1. The molecular weight excluding hydrogens is 612 g/mol. The lowest BCUT2D eigenvalue weighted by Crippen LogP contribution is -2.77. The Bertz CT molecular complexity index is 1800. The number of aliphatic carboxylic acids is 1. The fourth-order valence-electron chi connectivity index (χ4n) is 8.38. The van der Waals surface area contributed by atoms with Crippen molar-refractivity contribution in [3.05, 3.63) is 69.4 Å². The van der Waals surface area contributed by atoms with Gasteiger partial charge in [-0.15, -0.1) is 0 Å². The predicted octanol–water partition coefficient (Wildman–Crippen LogP) is 7.01. The highest BCUT2D eigenvalue weighted by molar-refractivity contribution is 6.20. The number of allylic oxidation sites excluding steroid dienone is 4. The van der Waals surface area contributed by atoms with Crippen LogP contribution < -0.4 is 9.47 Å². The predicted molar refractivity (Wildman–Crippen MR) is 181 cm³/mol. The van der Waals surface area contributed by atoms with Crippen LogP contribution in [0.1, 0.15) is 103 Å². The van der Waals surface area contributed by atoms with Gasteiger partial charge in [0.25, 0.3) is 0 Å². The van der Waals surface area contributed by atoms with Gasteiger partial charge in [-0.05, 0) is 99.3 Å². The molecule has 48 heavy (non-hydrogen) atoms. The number of carbonyl (C=O) groups is 3. The molecule has 3 aliphatic carbocycles. The van der Waals surface area contributed by atoms with Crippen LogP contribution in [0, 0.1) is 5.92 Å². The van der Waals surface area contributed by atoms with Gasteiger partial charge in [0.1, 0.15) is 34.0 Å². The van der Waals surface area contributed by atoms with E-state index < -0.39 is 51.5 Å². The third kappa shape index (κ3) is 4.60. The number of rotatable bonds is 9. The normalized spacial score (nSPS) is 32.0. The molecule has 0 unspecified atom stereocenters. The molecule has 2 fully saturated rings. The van der Waals surface area contributed by atoms with Crippen LogP contribution in [0.5, 0.6) is 17.2 Å². The van der Waals surface area contributed by atoms with E-state index in [-0.39, 0.29) is 41.1 Å². The first-order valence-electron chi connectivity index (χ1n) is 16.6. The summed E-state index contributed by atoms with van der Waals surface area (Å²) in [6.07, 6.45) is 12.8. The summed E-state index contributed by atoms with van der Waals surface area (Å²) in [6, 6.07) is 0. The first-order valence-corrected chi connectivity index (χ1v) is 16.6. The summed E-state index contributed by atoms with van der Waals surface area (Å²) in [4.78, 5) is 41.5. The number of aromatic hydroxyl groups is 1. The van der Waals surface area contributed by atoms with Crippen LogP contribution in [-0.4, -0.2) is 62.9 Å². The van der Waals surface area contributed by atoms with Crippen LogP contribution in [0.25, 0.3) is 6.08 Å². The number of benzene rings is 1. The summed E-state index contributed by atoms with van der Waals surface area (Å²) >= 11 is 0. The van der Waals surface area contributed by atoms with Gasteiger partial charge in [-0.2, -0.15) is 0 Å². The minimum absolute atomic E-state index is 0.0000390. The molecule has 256 valence electrons. The molecular formula is C39H46O9. The van der Waals surface area contributed by atoms with E-state index in [9.17, 15) is 24.6 Å². The lowest BCUT2D eigenvalue weighted by atomic mass is 9.49. The third-order valence-corrected chi connectivity index (χ3v) is 10.9. The first-order chi connectivity index (χ1) is 22.4. The highest BCUT2D eigenvalue weighted by Gasteiger charge is 2.84. The van der Waals surface area contributed by atoms with Crippen molar-refractivity contribution in [1.29, 1.82) is 0 Å². The molecule has 1 saturated heterocycles. The number of ether oxygens (including phenoxy) is 4. The monoisotopic (exact) mass is 658 g/mol. The molecule has 1 aromatic rings. The minimum atomic E-state index is -1.79. The van der Waals surface area contributed by atoms with Crippen molar-refractivity contribution in [1.82, 2.24) is 0 Å². The minimum Gasteiger partial charge on any atom is -0.506 e. The average Bonchev–Trinajstić information content (AvgIpc) is 3.16. The molecule has 9 nitrogen and oxygen atoms in total. The molecule has 1 aromatic carbocycles. The Morgan fingerprint density at radius 3 is 2.33 bits per heavy atom. The largest absolute Gasteiger partial charge is 0.506 e. The fourth-order valence-corrected chi connectivity index (χ4v) is 8.38. The number of fused-ring (bicyclic) bond motifs is 2. The van der Waals surface area contributed by atoms with E-state index in [1.807, 2.05) is 52.8 Å². The maximum absolute atomic E-state index is 14.9. The van der Waals surface area contributed by atoms with E-state index in [0.717, 1.165) is 12.0 Å². The van der Waals surface area contributed by atoms with Gasteiger partial charge in [0.15, 0.2) is 17.0 Å². The summed E-state index contributed by atoms with van der Waals surface area (Å²) in [5.74, 6) is -2.25. The molecule has 0 amide bonds. The second-order valence-corrected chi connectivity index (χ2v) is 15.2. The summed E-state index contributed by atoms with van der Waals surface area (Å²) in [5.41, 5.74) is -3.15. The number of methoxy groups -OCH3 is 1. The maximum atomic E-state index is 14.9. The second kappa shape index (κ2) is 11.0. The standard InChI is InChI=1S/C39H46O9/c1-21(2)11-10-16-36(8)17-15-24-29(40)28-30(41)26-19-37(45-9)20-27-35(6,7)48-38(34(37)44,18-14-23(5)33(42)43)39(26,27)47-32(28)25(31(24)46-36)13-12-22(3)4/h11-12,14-15,17,19,27,40H,10,13,16,18,20H2,1-9H3,(H,42,43)/t27-,36+,37-,38-,39+/m0/s1. The molecule has 5 atom stereocenters. The van der Waals surface area contributed by atoms with Gasteiger partial charge >= 0.3 is 5.97 Å². The molecule has 3 heterocycles. The topological polar surface area (TPSA) is 129 Å². The van der Waals surface area contributed by atoms with Crippen LogP contribution in [-0.2, 0) is 25.5 Å². The number of carbonyl (C=O) groups excluding carboxylic acids is 2. The number of phenolic OH excluding ortho intramolecular Hbond substituents is 1. The number of phenols is 1. The number of ketones is 2. The first kappa shape index (κ1) is 33.9. The summed E-state index contributed by atoms with van der Waals surface area (Å²) in [5, 5.41) is 21.6. The number of hydrogen-bond acceptors (Lipinski definition) is 8. The zero-order chi connectivity index (χ0) is 35.2. The van der Waals surface area contributed by atoms with Gasteiger partial charge in [0, 0.05) is 36.2 Å². The van der Waals surface area contributed by atoms with Crippen LogP contribution in [0.2, 0.25) is 0 Å². The van der Waals surface area contributed by atoms with Crippen LogP contribution in [0.3, 0.4) is 0 Å². The molecule has 3 aliphatic heterocycles. The van der Waals surface area contributed by atoms with Crippen molar-refractivity contribution >= 4 is 23.6 Å². The molecule has 4 bridgehead atoms. The summed E-state index contributed by atoms with van der Waals surface area (Å²) < 4.78 is 26.6. The fraction of sp³-hybridized carbons (Fsp3) is 0.513. The highest BCUT2D eigenvalue weighted by Crippen LogP contribution is 2.70. The molecule has 6 aliphatic rings. The molecule has 9 heteroatoms. The van der Waals surface area contributed by atoms with E-state index in [0.29, 0.717) is 29.7 Å². The van der Waals surface area contributed by atoms with Gasteiger partial charge in [0.05, 0.1) is 11.2 Å². The van der Waals surface area contributed by atoms with Crippen LogP contribution in [0.4, 0.5) is 0 Å². The smallest absolute Gasteiger partial charge is 0.330 e. The van der Waals surface area contributed by atoms with Gasteiger partial charge in [-0.1, -0.05) is 29.4 Å². The number of carboxylic acids is 1. The Kier molecular flexibility index (Phi) is 7.80. The van der Waals surface area contributed by atoms with Crippen molar-refractivity contribution in [3.8, 4) is 17.2 Å². The van der Waals surface area contributed by atoms with Crippen molar-refractivity contribution in [2.75, 3.05) is 7.11 Å². The second-order valence-electron chi connectivity index (χ2n) is 15.2. The van der Waals surface area contributed by atoms with E-state index in [2.05, 4.69) is 19.9 Å². The molecule has 2 N–H and O–H groups in total. The Morgan fingerprint density at radius 1 is 1.02 bits per heavy atom. The zero-order valence-corrected chi connectivity index (χ0v) is 29.3. The Hall–Kier alpha value is -3.95. The number of Topliss-reactive ketones (excluding diaryl/α,β-unsaturated/α-hetero) is 2. The quantitative estimate of drug-likeness (QED) is 0.213.